The summed E-state index contributed by atoms with van der Waals surface area (Å²) in [4.78, 5) is 2.50. The lowest BCUT2D eigenvalue weighted by molar-refractivity contribution is 0.123. The highest BCUT2D eigenvalue weighted by Gasteiger charge is 2.25. The molecule has 0 bridgehead atoms. The van der Waals surface area contributed by atoms with Crippen molar-refractivity contribution in [1.82, 2.24) is 4.90 Å². The van der Waals surface area contributed by atoms with Crippen molar-refractivity contribution in [3.05, 3.63) is 23.8 Å². The number of hydrogen-bond acceptors (Lipinski definition) is 4. The van der Waals surface area contributed by atoms with Crippen LogP contribution in [0.3, 0.4) is 0 Å². The van der Waals surface area contributed by atoms with Gasteiger partial charge in [-0.3, -0.25) is 4.90 Å². The maximum atomic E-state index is 6.13. The summed E-state index contributed by atoms with van der Waals surface area (Å²) >= 11 is 0. The second-order valence-electron chi connectivity index (χ2n) is 5.58. The molecule has 4 heteroatoms. The maximum absolute atomic E-state index is 6.13. The number of hydrogen-bond donors (Lipinski definition) is 1. The summed E-state index contributed by atoms with van der Waals surface area (Å²) in [7, 11) is 3.33. The Morgan fingerprint density at radius 2 is 2.00 bits per heavy atom. The molecule has 0 spiro atoms. The normalized spacial score (nSPS) is 21.5. The third kappa shape index (κ3) is 3.44. The van der Waals surface area contributed by atoms with Gasteiger partial charge in [-0.05, 0) is 44.0 Å². The van der Waals surface area contributed by atoms with E-state index in [0.717, 1.165) is 24.6 Å². The molecular weight excluding hydrogens is 252 g/mol. The lowest BCUT2D eigenvalue weighted by atomic mass is 9.96. The molecular formula is C16H26N2O2. The zero-order valence-electron chi connectivity index (χ0n) is 12.8. The van der Waals surface area contributed by atoms with Crippen LogP contribution in [-0.2, 0) is 6.54 Å². The summed E-state index contributed by atoms with van der Waals surface area (Å²) in [5.74, 6) is 1.57. The molecule has 0 aromatic heterocycles. The standard InChI is InChI=1S/C16H26N2O2/c1-12(17)14-6-4-5-9-18(14)11-13-7-8-15(19-2)16(10-13)20-3/h7-8,10,12,14H,4-6,9,11,17H2,1-3H3. The van der Waals surface area contributed by atoms with Gasteiger partial charge in [-0.1, -0.05) is 12.5 Å². The molecule has 0 amide bonds. The fourth-order valence-corrected chi connectivity index (χ4v) is 3.02. The number of piperidine rings is 1. The fraction of sp³-hybridized carbons (Fsp3) is 0.625. The van der Waals surface area contributed by atoms with Gasteiger partial charge in [-0.2, -0.15) is 0 Å². The first-order valence-corrected chi connectivity index (χ1v) is 7.36. The number of likely N-dealkylation sites (tertiary alicyclic amines) is 1. The van der Waals surface area contributed by atoms with E-state index in [0.29, 0.717) is 6.04 Å². The van der Waals surface area contributed by atoms with Crippen LogP contribution in [0.1, 0.15) is 31.7 Å². The minimum Gasteiger partial charge on any atom is -0.493 e. The largest absolute Gasteiger partial charge is 0.493 e. The highest BCUT2D eigenvalue weighted by Crippen LogP contribution is 2.29. The van der Waals surface area contributed by atoms with Crippen LogP contribution in [0.4, 0.5) is 0 Å². The molecule has 1 fully saturated rings. The molecule has 2 unspecified atom stereocenters. The average molecular weight is 278 g/mol. The molecule has 0 aliphatic carbocycles. The lowest BCUT2D eigenvalue weighted by Crippen LogP contribution is -2.48. The quantitative estimate of drug-likeness (QED) is 0.898. The Morgan fingerprint density at radius 1 is 1.25 bits per heavy atom. The third-order valence-corrected chi connectivity index (χ3v) is 4.10. The number of rotatable bonds is 5. The van der Waals surface area contributed by atoms with Crippen LogP contribution in [0.15, 0.2) is 18.2 Å². The number of nitrogens with two attached hydrogens (primary N) is 1. The van der Waals surface area contributed by atoms with E-state index >= 15 is 0 Å². The van der Waals surface area contributed by atoms with Crippen LogP contribution in [0.2, 0.25) is 0 Å². The van der Waals surface area contributed by atoms with Gasteiger partial charge >= 0.3 is 0 Å². The highest BCUT2D eigenvalue weighted by molar-refractivity contribution is 5.42. The van der Waals surface area contributed by atoms with Crippen molar-refractivity contribution in [2.24, 2.45) is 5.73 Å². The van der Waals surface area contributed by atoms with E-state index in [4.69, 9.17) is 15.2 Å². The van der Waals surface area contributed by atoms with E-state index in [2.05, 4.69) is 24.0 Å². The van der Waals surface area contributed by atoms with Gasteiger partial charge in [-0.25, -0.2) is 0 Å². The number of methoxy groups -OCH3 is 2. The molecule has 1 heterocycles. The molecule has 0 radical (unpaired) electrons. The molecule has 2 rings (SSSR count). The first-order chi connectivity index (χ1) is 9.65. The molecule has 0 saturated carbocycles. The second kappa shape index (κ2) is 6.95. The molecule has 1 aliphatic rings. The van der Waals surface area contributed by atoms with E-state index in [1.807, 2.05) is 6.07 Å². The fourth-order valence-electron chi connectivity index (χ4n) is 3.02. The summed E-state index contributed by atoms with van der Waals surface area (Å²) in [5.41, 5.74) is 7.37. The SMILES string of the molecule is COc1ccc(CN2CCCCC2C(C)N)cc1OC. The summed E-state index contributed by atoms with van der Waals surface area (Å²) < 4.78 is 10.7. The molecule has 1 aromatic rings. The monoisotopic (exact) mass is 278 g/mol. The Hall–Kier alpha value is -1.26. The van der Waals surface area contributed by atoms with Crippen LogP contribution in [-0.4, -0.2) is 37.7 Å². The minimum atomic E-state index is 0.218. The van der Waals surface area contributed by atoms with Gasteiger partial charge in [0.2, 0.25) is 0 Å². The van der Waals surface area contributed by atoms with Crippen LogP contribution < -0.4 is 15.2 Å². The van der Waals surface area contributed by atoms with Gasteiger partial charge in [-0.15, -0.1) is 0 Å². The van der Waals surface area contributed by atoms with Gasteiger partial charge in [0.15, 0.2) is 11.5 Å². The van der Waals surface area contributed by atoms with Crippen molar-refractivity contribution in [3.8, 4) is 11.5 Å². The Kier molecular flexibility index (Phi) is 5.26. The van der Waals surface area contributed by atoms with Crippen LogP contribution in [0.25, 0.3) is 0 Å². The van der Waals surface area contributed by atoms with Gasteiger partial charge in [0.25, 0.3) is 0 Å². The maximum Gasteiger partial charge on any atom is 0.161 e. The van der Waals surface area contributed by atoms with Crippen LogP contribution in [0, 0.1) is 0 Å². The van der Waals surface area contributed by atoms with Crippen molar-refractivity contribution in [1.29, 1.82) is 0 Å². The molecule has 112 valence electrons. The smallest absolute Gasteiger partial charge is 0.161 e. The molecule has 2 N–H and O–H groups in total. The van der Waals surface area contributed by atoms with Crippen molar-refractivity contribution in [2.75, 3.05) is 20.8 Å². The summed E-state index contributed by atoms with van der Waals surface area (Å²) in [6, 6.07) is 6.84. The van der Waals surface area contributed by atoms with Crippen molar-refractivity contribution in [2.45, 2.75) is 44.8 Å². The highest BCUT2D eigenvalue weighted by atomic mass is 16.5. The molecule has 1 saturated heterocycles. The molecule has 1 aromatic carbocycles. The molecule has 1 aliphatic heterocycles. The van der Waals surface area contributed by atoms with Gasteiger partial charge in [0.1, 0.15) is 0 Å². The van der Waals surface area contributed by atoms with Crippen LogP contribution >= 0.6 is 0 Å². The van der Waals surface area contributed by atoms with E-state index in [9.17, 15) is 0 Å². The van der Waals surface area contributed by atoms with Crippen molar-refractivity contribution in [3.63, 3.8) is 0 Å². The zero-order chi connectivity index (χ0) is 14.5. The topological polar surface area (TPSA) is 47.7 Å². The summed E-state index contributed by atoms with van der Waals surface area (Å²) in [5, 5.41) is 0. The second-order valence-corrected chi connectivity index (χ2v) is 5.58. The summed E-state index contributed by atoms with van der Waals surface area (Å²) in [6.45, 7) is 4.16. The van der Waals surface area contributed by atoms with E-state index < -0.39 is 0 Å². The molecule has 2 atom stereocenters. The van der Waals surface area contributed by atoms with Crippen molar-refractivity contribution < 1.29 is 9.47 Å². The molecule has 20 heavy (non-hydrogen) atoms. The Balaban J connectivity index is 2.11. The van der Waals surface area contributed by atoms with Crippen LogP contribution in [0.5, 0.6) is 11.5 Å². The Labute approximate surface area is 121 Å². The minimum absolute atomic E-state index is 0.218. The van der Waals surface area contributed by atoms with Gasteiger partial charge in [0.05, 0.1) is 14.2 Å². The average Bonchev–Trinajstić information content (AvgIpc) is 2.47. The van der Waals surface area contributed by atoms with Gasteiger partial charge in [0, 0.05) is 18.6 Å². The first-order valence-electron chi connectivity index (χ1n) is 7.36. The van der Waals surface area contributed by atoms with E-state index in [-0.39, 0.29) is 6.04 Å². The summed E-state index contributed by atoms with van der Waals surface area (Å²) in [6.07, 6.45) is 3.75. The predicted octanol–water partition coefficient (Wildman–Crippen LogP) is 2.41. The van der Waals surface area contributed by atoms with Gasteiger partial charge < -0.3 is 15.2 Å². The zero-order valence-corrected chi connectivity index (χ0v) is 12.8. The van der Waals surface area contributed by atoms with E-state index in [1.165, 1.54) is 24.8 Å². The lowest BCUT2D eigenvalue weighted by Gasteiger charge is -2.38. The third-order valence-electron chi connectivity index (χ3n) is 4.10. The van der Waals surface area contributed by atoms with Crippen molar-refractivity contribution >= 4 is 0 Å². The number of nitrogens with zero attached hydrogens (tertiary/aromatic N) is 1. The van der Waals surface area contributed by atoms with E-state index in [1.54, 1.807) is 14.2 Å². The number of benzene rings is 1. The number of ether oxygens (including phenoxy) is 2. The predicted molar refractivity (Wildman–Crippen MR) is 81.2 cm³/mol. The first kappa shape index (κ1) is 15.1. The Morgan fingerprint density at radius 3 is 2.65 bits per heavy atom. The molecule has 4 nitrogen and oxygen atoms in total. The Bertz CT molecular complexity index is 434.